The van der Waals surface area contributed by atoms with Crippen molar-refractivity contribution in [1.82, 2.24) is 10.3 Å². The van der Waals surface area contributed by atoms with Gasteiger partial charge in [-0.1, -0.05) is 35.0 Å². The summed E-state index contributed by atoms with van der Waals surface area (Å²) in [7, 11) is 2.09. The lowest BCUT2D eigenvalue weighted by Crippen LogP contribution is -2.20. The van der Waals surface area contributed by atoms with Crippen molar-refractivity contribution < 1.29 is 0 Å². The van der Waals surface area contributed by atoms with E-state index in [1.54, 1.807) is 11.3 Å². The number of aromatic nitrogens is 1. The molecule has 0 bridgehead atoms. The zero-order valence-corrected chi connectivity index (χ0v) is 15.2. The molecule has 0 aliphatic heterocycles. The maximum absolute atomic E-state index is 4.75. The van der Waals surface area contributed by atoms with E-state index in [2.05, 4.69) is 76.7 Å². The summed E-state index contributed by atoms with van der Waals surface area (Å²) < 4.78 is 1.11. The minimum absolute atomic E-state index is 0.316. The predicted molar refractivity (Wildman–Crippen MR) is 95.1 cm³/mol. The second-order valence-electron chi connectivity index (χ2n) is 5.21. The highest BCUT2D eigenvalue weighted by Gasteiger charge is 2.12. The Labute approximate surface area is 139 Å². The largest absolute Gasteiger partial charge is 0.347 e. The molecule has 1 heterocycles. The molecule has 1 aromatic carbocycles. The summed E-state index contributed by atoms with van der Waals surface area (Å²) in [5, 5.41) is 6.70. The summed E-state index contributed by atoms with van der Waals surface area (Å²) in [6.07, 6.45) is 1.14. The van der Waals surface area contributed by atoms with Crippen LogP contribution in [0.3, 0.4) is 0 Å². The molecular formula is C16H22BrN3S. The molecule has 0 fully saturated rings. The Balaban J connectivity index is 1.98. The maximum atomic E-state index is 4.75. The van der Waals surface area contributed by atoms with Crippen molar-refractivity contribution in [2.24, 2.45) is 0 Å². The molecule has 0 aliphatic rings. The van der Waals surface area contributed by atoms with Crippen LogP contribution in [0.15, 0.2) is 34.1 Å². The van der Waals surface area contributed by atoms with Gasteiger partial charge in [-0.25, -0.2) is 4.98 Å². The number of thiazole rings is 1. The van der Waals surface area contributed by atoms with Crippen molar-refractivity contribution in [3.8, 4) is 0 Å². The highest BCUT2D eigenvalue weighted by Crippen LogP contribution is 2.24. The second-order valence-corrected chi connectivity index (χ2v) is 6.97. The van der Waals surface area contributed by atoms with Crippen LogP contribution in [0, 0.1) is 0 Å². The Bertz CT molecular complexity index is 553. The standard InChI is InChI=1S/C16H22BrN3S/c1-4-9-18-12(2)15-11-21-16(19-15)20(3)10-13-5-7-14(17)8-6-13/h5-8,11-12,18H,4,9-10H2,1-3H3. The van der Waals surface area contributed by atoms with E-state index in [1.165, 1.54) is 5.56 Å². The van der Waals surface area contributed by atoms with Crippen LogP contribution in [-0.2, 0) is 6.54 Å². The van der Waals surface area contributed by atoms with Gasteiger partial charge in [-0.05, 0) is 37.6 Å². The van der Waals surface area contributed by atoms with Crippen molar-refractivity contribution >= 4 is 32.4 Å². The molecule has 2 rings (SSSR count). The average Bonchev–Trinajstić information content (AvgIpc) is 2.97. The van der Waals surface area contributed by atoms with Gasteiger partial charge in [0, 0.05) is 29.5 Å². The molecule has 5 heteroatoms. The third kappa shape index (κ3) is 4.80. The summed E-state index contributed by atoms with van der Waals surface area (Å²) in [6, 6.07) is 8.75. The van der Waals surface area contributed by atoms with Crippen LogP contribution in [-0.4, -0.2) is 18.6 Å². The average molecular weight is 368 g/mol. The highest BCUT2D eigenvalue weighted by atomic mass is 79.9. The van der Waals surface area contributed by atoms with E-state index in [0.29, 0.717) is 6.04 Å². The quantitative estimate of drug-likeness (QED) is 0.774. The summed E-state index contributed by atoms with van der Waals surface area (Å²) >= 11 is 5.17. The number of rotatable bonds is 7. The van der Waals surface area contributed by atoms with Gasteiger partial charge < -0.3 is 10.2 Å². The Kier molecular flexibility index (Phi) is 6.21. The van der Waals surface area contributed by atoms with Crippen LogP contribution in [0.5, 0.6) is 0 Å². The molecule has 114 valence electrons. The summed E-state index contributed by atoms with van der Waals surface area (Å²) in [6.45, 7) is 6.25. The number of nitrogens with one attached hydrogen (secondary N) is 1. The second kappa shape index (κ2) is 7.92. The van der Waals surface area contributed by atoms with E-state index in [-0.39, 0.29) is 0 Å². The lowest BCUT2D eigenvalue weighted by Gasteiger charge is -2.16. The van der Waals surface area contributed by atoms with Gasteiger partial charge in [-0.15, -0.1) is 11.3 Å². The third-order valence-electron chi connectivity index (χ3n) is 3.31. The monoisotopic (exact) mass is 367 g/mol. The fourth-order valence-corrected chi connectivity index (χ4v) is 3.20. The normalized spacial score (nSPS) is 12.4. The first-order valence-electron chi connectivity index (χ1n) is 7.24. The van der Waals surface area contributed by atoms with E-state index in [1.807, 2.05) is 0 Å². The van der Waals surface area contributed by atoms with E-state index in [9.17, 15) is 0 Å². The molecular weight excluding hydrogens is 346 g/mol. The van der Waals surface area contributed by atoms with E-state index in [0.717, 1.165) is 34.8 Å². The lowest BCUT2D eigenvalue weighted by molar-refractivity contribution is 0.561. The SMILES string of the molecule is CCCNC(C)c1csc(N(C)Cc2ccc(Br)cc2)n1. The molecule has 1 N–H and O–H groups in total. The van der Waals surface area contributed by atoms with Gasteiger partial charge in [-0.3, -0.25) is 0 Å². The van der Waals surface area contributed by atoms with Crippen molar-refractivity contribution in [2.75, 3.05) is 18.5 Å². The van der Waals surface area contributed by atoms with Gasteiger partial charge in [0.05, 0.1) is 5.69 Å². The Morgan fingerprint density at radius 1 is 1.33 bits per heavy atom. The molecule has 0 aliphatic carbocycles. The lowest BCUT2D eigenvalue weighted by atomic mass is 10.2. The molecule has 0 saturated carbocycles. The smallest absolute Gasteiger partial charge is 0.185 e. The van der Waals surface area contributed by atoms with Gasteiger partial charge in [-0.2, -0.15) is 0 Å². The number of halogens is 1. The maximum Gasteiger partial charge on any atom is 0.185 e. The molecule has 0 saturated heterocycles. The minimum atomic E-state index is 0.316. The van der Waals surface area contributed by atoms with Crippen LogP contribution in [0.1, 0.15) is 37.6 Å². The fourth-order valence-electron chi connectivity index (χ4n) is 2.05. The van der Waals surface area contributed by atoms with E-state index >= 15 is 0 Å². The van der Waals surface area contributed by atoms with Crippen LogP contribution in [0.4, 0.5) is 5.13 Å². The Morgan fingerprint density at radius 2 is 2.05 bits per heavy atom. The Hall–Kier alpha value is -0.910. The highest BCUT2D eigenvalue weighted by molar-refractivity contribution is 9.10. The topological polar surface area (TPSA) is 28.2 Å². The molecule has 21 heavy (non-hydrogen) atoms. The van der Waals surface area contributed by atoms with E-state index in [4.69, 9.17) is 4.98 Å². The van der Waals surface area contributed by atoms with Gasteiger partial charge in [0.15, 0.2) is 5.13 Å². The molecule has 0 spiro atoms. The van der Waals surface area contributed by atoms with Crippen LogP contribution >= 0.6 is 27.3 Å². The summed E-state index contributed by atoms with van der Waals surface area (Å²) in [5.41, 5.74) is 2.42. The van der Waals surface area contributed by atoms with Crippen molar-refractivity contribution in [3.63, 3.8) is 0 Å². The van der Waals surface area contributed by atoms with Gasteiger partial charge >= 0.3 is 0 Å². The summed E-state index contributed by atoms with van der Waals surface area (Å²) in [5.74, 6) is 0. The number of hydrogen-bond acceptors (Lipinski definition) is 4. The zero-order chi connectivity index (χ0) is 15.2. The molecule has 1 unspecified atom stereocenters. The molecule has 0 radical (unpaired) electrons. The number of benzene rings is 1. The van der Waals surface area contributed by atoms with E-state index < -0.39 is 0 Å². The van der Waals surface area contributed by atoms with Crippen molar-refractivity contribution in [3.05, 3.63) is 45.4 Å². The molecule has 1 atom stereocenters. The van der Waals surface area contributed by atoms with Crippen molar-refractivity contribution in [2.45, 2.75) is 32.9 Å². The van der Waals surface area contributed by atoms with Crippen LogP contribution < -0.4 is 10.2 Å². The molecule has 1 aromatic heterocycles. The molecule has 0 amide bonds. The molecule has 3 nitrogen and oxygen atoms in total. The van der Waals surface area contributed by atoms with Gasteiger partial charge in [0.25, 0.3) is 0 Å². The Morgan fingerprint density at radius 3 is 2.71 bits per heavy atom. The number of hydrogen-bond donors (Lipinski definition) is 1. The van der Waals surface area contributed by atoms with Crippen LogP contribution in [0.25, 0.3) is 0 Å². The fraction of sp³-hybridized carbons (Fsp3) is 0.438. The zero-order valence-electron chi connectivity index (χ0n) is 12.8. The first-order valence-corrected chi connectivity index (χ1v) is 8.91. The predicted octanol–water partition coefficient (Wildman–Crippen LogP) is 4.60. The first-order chi connectivity index (χ1) is 10.1. The van der Waals surface area contributed by atoms with Crippen LogP contribution in [0.2, 0.25) is 0 Å². The van der Waals surface area contributed by atoms with Gasteiger partial charge in [0.1, 0.15) is 0 Å². The minimum Gasteiger partial charge on any atom is -0.347 e. The number of nitrogens with zero attached hydrogens (tertiary/aromatic N) is 2. The first kappa shape index (κ1) is 16.5. The molecule has 2 aromatic rings. The third-order valence-corrected chi connectivity index (χ3v) is 4.82. The summed E-state index contributed by atoms with van der Waals surface area (Å²) in [4.78, 5) is 6.95. The van der Waals surface area contributed by atoms with Gasteiger partial charge in [0.2, 0.25) is 0 Å². The van der Waals surface area contributed by atoms with Crippen molar-refractivity contribution in [1.29, 1.82) is 0 Å². The number of anilines is 1.